The Morgan fingerprint density at radius 3 is 2.64 bits per heavy atom. The van der Waals surface area contributed by atoms with Crippen LogP contribution in [-0.2, 0) is 9.59 Å². The lowest BCUT2D eigenvalue weighted by Crippen LogP contribution is -2.38. The zero-order valence-corrected chi connectivity index (χ0v) is 15.6. The molecule has 2 rings (SSSR count). The first kappa shape index (κ1) is 19.4. The van der Waals surface area contributed by atoms with Crippen LogP contribution in [0.2, 0.25) is 0 Å². The van der Waals surface area contributed by atoms with Crippen LogP contribution in [0.4, 0.5) is 0 Å². The van der Waals surface area contributed by atoms with Crippen LogP contribution in [0.15, 0.2) is 4.52 Å². The van der Waals surface area contributed by atoms with Gasteiger partial charge in [0, 0.05) is 24.9 Å². The van der Waals surface area contributed by atoms with Gasteiger partial charge in [0.2, 0.25) is 11.8 Å². The second-order valence-electron chi connectivity index (χ2n) is 8.01. The van der Waals surface area contributed by atoms with Crippen molar-refractivity contribution in [1.29, 1.82) is 0 Å². The molecule has 0 spiro atoms. The van der Waals surface area contributed by atoms with Gasteiger partial charge in [-0.1, -0.05) is 32.9 Å². The molecule has 1 aliphatic rings. The minimum absolute atomic E-state index is 0.0162. The highest BCUT2D eigenvalue weighted by atomic mass is 16.5. The number of rotatable bonds is 7. The average Bonchev–Trinajstić information content (AvgIpc) is 3.02. The Morgan fingerprint density at radius 1 is 1.40 bits per heavy atom. The monoisotopic (exact) mass is 352 g/mol. The van der Waals surface area contributed by atoms with Crippen LogP contribution < -0.4 is 5.32 Å². The van der Waals surface area contributed by atoms with E-state index in [4.69, 9.17) is 9.63 Å². The van der Waals surface area contributed by atoms with Crippen molar-refractivity contribution >= 4 is 11.9 Å². The fraction of sp³-hybridized carbons (Fsp3) is 0.765. The molecule has 1 aromatic rings. The summed E-state index contributed by atoms with van der Waals surface area (Å²) in [5, 5.41) is 15.9. The number of hydrogen-bond donors (Lipinski definition) is 2. The molecule has 8 nitrogen and oxygen atoms in total. The Balaban J connectivity index is 1.92. The molecule has 0 radical (unpaired) electrons. The molecule has 1 aliphatic heterocycles. The van der Waals surface area contributed by atoms with E-state index in [1.165, 1.54) is 0 Å². The summed E-state index contributed by atoms with van der Waals surface area (Å²) in [6.07, 6.45) is 0.844. The molecule has 0 aromatic carbocycles. The Labute approximate surface area is 148 Å². The molecule has 0 aliphatic carbocycles. The topological polar surface area (TPSA) is 109 Å². The minimum Gasteiger partial charge on any atom is -0.481 e. The molecule has 0 bridgehead atoms. The maximum Gasteiger partial charge on any atom is 0.303 e. The first-order valence-electron chi connectivity index (χ1n) is 8.62. The highest BCUT2D eigenvalue weighted by molar-refractivity contribution is 5.78. The second kappa shape index (κ2) is 7.51. The molecule has 140 valence electrons. The van der Waals surface area contributed by atoms with Gasteiger partial charge < -0.3 is 14.9 Å². The summed E-state index contributed by atoms with van der Waals surface area (Å²) in [6.45, 7) is 8.28. The van der Waals surface area contributed by atoms with E-state index in [1.54, 1.807) is 13.8 Å². The van der Waals surface area contributed by atoms with Crippen molar-refractivity contribution in [3.05, 3.63) is 11.7 Å². The minimum atomic E-state index is -0.893. The van der Waals surface area contributed by atoms with E-state index in [-0.39, 0.29) is 36.8 Å². The third-order valence-corrected chi connectivity index (χ3v) is 4.44. The van der Waals surface area contributed by atoms with E-state index in [9.17, 15) is 9.59 Å². The van der Waals surface area contributed by atoms with Gasteiger partial charge in [-0.3, -0.25) is 14.5 Å². The number of carbonyl (C=O) groups excluding carboxylic acids is 1. The number of nitrogens with one attached hydrogen (secondary N) is 1. The summed E-state index contributed by atoms with van der Waals surface area (Å²) >= 11 is 0. The predicted octanol–water partition coefficient (Wildman–Crippen LogP) is 1.95. The quantitative estimate of drug-likeness (QED) is 0.772. The van der Waals surface area contributed by atoms with Crippen LogP contribution in [0, 0.1) is 5.41 Å². The number of carbonyl (C=O) groups is 2. The molecule has 1 saturated heterocycles. The van der Waals surface area contributed by atoms with Crippen molar-refractivity contribution in [3.8, 4) is 0 Å². The molecule has 0 saturated carbocycles. The van der Waals surface area contributed by atoms with Gasteiger partial charge in [-0.05, 0) is 18.9 Å². The number of carboxylic acid groups (broad SMARTS) is 1. The lowest BCUT2D eigenvalue weighted by Gasteiger charge is -2.22. The highest BCUT2D eigenvalue weighted by Crippen LogP contribution is 2.31. The molecule has 25 heavy (non-hydrogen) atoms. The van der Waals surface area contributed by atoms with E-state index < -0.39 is 11.4 Å². The number of carboxylic acids is 1. The predicted molar refractivity (Wildman–Crippen MR) is 91.0 cm³/mol. The number of likely N-dealkylation sites (N-methyl/N-ethyl adjacent to an activating group) is 1. The zero-order valence-electron chi connectivity index (χ0n) is 15.6. The number of aromatic nitrogens is 2. The fourth-order valence-electron chi connectivity index (χ4n) is 3.20. The maximum absolute atomic E-state index is 12.3. The Kier molecular flexibility index (Phi) is 5.82. The summed E-state index contributed by atoms with van der Waals surface area (Å²) in [7, 11) is 1.96. The molecule has 2 unspecified atom stereocenters. The number of hydrogen-bond acceptors (Lipinski definition) is 6. The zero-order chi connectivity index (χ0) is 18.8. The van der Waals surface area contributed by atoms with Gasteiger partial charge >= 0.3 is 5.97 Å². The standard InChI is InChI=1S/C17H28N4O4/c1-10(2)15-19-16(25-20-15)12-6-11(9-21(12)5)18-13(22)7-17(3,4)8-14(23)24/h10-12H,6-9H2,1-5H3,(H,18,22)(H,23,24). The summed E-state index contributed by atoms with van der Waals surface area (Å²) in [5.41, 5.74) is -0.571. The Hall–Kier alpha value is -1.96. The van der Waals surface area contributed by atoms with E-state index in [0.29, 0.717) is 24.7 Å². The summed E-state index contributed by atoms with van der Waals surface area (Å²) < 4.78 is 5.38. The maximum atomic E-state index is 12.3. The van der Waals surface area contributed by atoms with E-state index >= 15 is 0 Å². The summed E-state index contributed by atoms with van der Waals surface area (Å²) in [5.74, 6) is 0.450. The van der Waals surface area contributed by atoms with Gasteiger partial charge in [-0.2, -0.15) is 4.98 Å². The molecule has 2 atom stereocenters. The Bertz CT molecular complexity index is 626. The highest BCUT2D eigenvalue weighted by Gasteiger charge is 2.36. The van der Waals surface area contributed by atoms with Crippen molar-refractivity contribution in [2.24, 2.45) is 5.41 Å². The molecular weight excluding hydrogens is 324 g/mol. The van der Waals surface area contributed by atoms with Crippen LogP contribution in [0.5, 0.6) is 0 Å². The molecule has 8 heteroatoms. The van der Waals surface area contributed by atoms with Crippen LogP contribution in [0.1, 0.15) is 70.6 Å². The van der Waals surface area contributed by atoms with Gasteiger partial charge in [0.15, 0.2) is 5.82 Å². The average molecular weight is 352 g/mol. The van der Waals surface area contributed by atoms with Gasteiger partial charge in [0.1, 0.15) is 0 Å². The van der Waals surface area contributed by atoms with Crippen molar-refractivity contribution in [3.63, 3.8) is 0 Å². The van der Waals surface area contributed by atoms with Crippen LogP contribution >= 0.6 is 0 Å². The molecule has 2 heterocycles. The van der Waals surface area contributed by atoms with E-state index in [2.05, 4.69) is 20.4 Å². The van der Waals surface area contributed by atoms with Gasteiger partial charge in [-0.25, -0.2) is 0 Å². The van der Waals surface area contributed by atoms with Gasteiger partial charge in [0.25, 0.3) is 0 Å². The van der Waals surface area contributed by atoms with E-state index in [0.717, 1.165) is 0 Å². The van der Waals surface area contributed by atoms with Crippen LogP contribution in [-0.4, -0.2) is 51.7 Å². The molecular formula is C17H28N4O4. The van der Waals surface area contributed by atoms with Crippen molar-refractivity contribution in [2.45, 2.75) is 65.0 Å². The number of likely N-dealkylation sites (tertiary alicyclic amines) is 1. The van der Waals surface area contributed by atoms with Crippen LogP contribution in [0.25, 0.3) is 0 Å². The normalized spacial score (nSPS) is 21.7. The van der Waals surface area contributed by atoms with Crippen molar-refractivity contribution in [2.75, 3.05) is 13.6 Å². The van der Waals surface area contributed by atoms with Crippen molar-refractivity contribution < 1.29 is 19.2 Å². The smallest absolute Gasteiger partial charge is 0.303 e. The lowest BCUT2D eigenvalue weighted by atomic mass is 9.85. The Morgan fingerprint density at radius 2 is 2.08 bits per heavy atom. The van der Waals surface area contributed by atoms with Gasteiger partial charge in [-0.15, -0.1) is 0 Å². The molecule has 1 amide bonds. The summed E-state index contributed by atoms with van der Waals surface area (Å²) in [4.78, 5) is 29.7. The van der Waals surface area contributed by atoms with E-state index in [1.807, 2.05) is 20.9 Å². The second-order valence-corrected chi connectivity index (χ2v) is 8.01. The van der Waals surface area contributed by atoms with Crippen LogP contribution in [0.3, 0.4) is 0 Å². The first-order chi connectivity index (χ1) is 11.6. The number of aliphatic carboxylic acids is 1. The molecule has 1 fully saturated rings. The van der Waals surface area contributed by atoms with Gasteiger partial charge in [0.05, 0.1) is 12.5 Å². The van der Waals surface area contributed by atoms with Crippen molar-refractivity contribution in [1.82, 2.24) is 20.4 Å². The molecule has 2 N–H and O–H groups in total. The number of amides is 1. The number of nitrogens with zero attached hydrogens (tertiary/aromatic N) is 3. The lowest BCUT2D eigenvalue weighted by molar-refractivity contribution is -0.139. The molecule has 1 aromatic heterocycles. The third-order valence-electron chi connectivity index (χ3n) is 4.44. The SMILES string of the molecule is CC(C)c1noc(C2CC(NC(=O)CC(C)(C)CC(=O)O)CN2C)n1. The first-order valence-corrected chi connectivity index (χ1v) is 8.62. The fourth-order valence-corrected chi connectivity index (χ4v) is 3.20. The summed E-state index contributed by atoms with van der Waals surface area (Å²) in [6, 6.07) is -0.0325. The third kappa shape index (κ3) is 5.26. The largest absolute Gasteiger partial charge is 0.481 e.